The molecule has 4 aromatic rings. The molecule has 0 spiro atoms. The van der Waals surface area contributed by atoms with Gasteiger partial charge in [-0.05, 0) is 54.0 Å². The minimum absolute atomic E-state index is 0.286. The molecule has 0 saturated carbocycles. The molecular formula is C27H23F5N2O2. The van der Waals surface area contributed by atoms with E-state index in [0.717, 1.165) is 24.1 Å². The van der Waals surface area contributed by atoms with E-state index in [9.17, 15) is 17.6 Å². The van der Waals surface area contributed by atoms with Crippen LogP contribution < -0.4 is 9.47 Å². The predicted octanol–water partition coefficient (Wildman–Crippen LogP) is 7.09. The third-order valence-corrected chi connectivity index (χ3v) is 5.46. The zero-order chi connectivity index (χ0) is 25.7. The molecule has 0 radical (unpaired) electrons. The summed E-state index contributed by atoms with van der Waals surface area (Å²) in [5.74, 6) is -0.671. The largest absolute Gasteiger partial charge is 0.490 e. The van der Waals surface area contributed by atoms with Gasteiger partial charge in [-0.3, -0.25) is 0 Å². The van der Waals surface area contributed by atoms with Gasteiger partial charge in [-0.1, -0.05) is 37.3 Å². The lowest BCUT2D eigenvalue weighted by atomic mass is 9.99. The first-order valence-corrected chi connectivity index (χ1v) is 11.4. The van der Waals surface area contributed by atoms with E-state index in [1.165, 1.54) is 6.07 Å². The van der Waals surface area contributed by atoms with E-state index >= 15 is 4.39 Å². The molecule has 4 rings (SSSR count). The van der Waals surface area contributed by atoms with Crippen molar-refractivity contribution in [2.45, 2.75) is 32.4 Å². The van der Waals surface area contributed by atoms with Crippen molar-refractivity contribution in [1.82, 2.24) is 9.97 Å². The minimum atomic E-state index is -4.56. The van der Waals surface area contributed by atoms with Crippen molar-refractivity contribution in [3.8, 4) is 22.9 Å². The highest BCUT2D eigenvalue weighted by molar-refractivity contribution is 5.87. The van der Waals surface area contributed by atoms with Gasteiger partial charge in [0.25, 0.3) is 0 Å². The van der Waals surface area contributed by atoms with Crippen molar-refractivity contribution >= 4 is 10.8 Å². The van der Waals surface area contributed by atoms with E-state index in [1.54, 1.807) is 42.7 Å². The zero-order valence-corrected chi connectivity index (χ0v) is 19.4. The van der Waals surface area contributed by atoms with Gasteiger partial charge in [0.05, 0.1) is 19.0 Å². The number of benzene rings is 3. The van der Waals surface area contributed by atoms with Crippen LogP contribution in [-0.2, 0) is 12.8 Å². The fourth-order valence-corrected chi connectivity index (χ4v) is 3.68. The number of aromatic nitrogens is 2. The summed E-state index contributed by atoms with van der Waals surface area (Å²) in [5.41, 5.74) is 1.70. The Bertz CT molecular complexity index is 1340. The molecule has 0 N–H and O–H groups in total. The number of rotatable bonds is 9. The number of fused-ring (bicyclic) bond motifs is 1. The van der Waals surface area contributed by atoms with Gasteiger partial charge in [0.1, 0.15) is 5.82 Å². The fraction of sp³-hybridized carbons (Fsp3) is 0.259. The Kier molecular flexibility index (Phi) is 7.67. The molecule has 0 fully saturated rings. The van der Waals surface area contributed by atoms with E-state index < -0.39 is 24.3 Å². The molecule has 0 aliphatic heterocycles. The summed E-state index contributed by atoms with van der Waals surface area (Å²) in [6.07, 6.45) is 0.114. The molecule has 0 bridgehead atoms. The van der Waals surface area contributed by atoms with Crippen LogP contribution in [0.3, 0.4) is 0 Å². The molecule has 188 valence electrons. The number of ether oxygens (including phenoxy) is 2. The van der Waals surface area contributed by atoms with Crippen molar-refractivity contribution in [2.24, 2.45) is 0 Å². The number of halogens is 5. The number of aryl methyl sites for hydroxylation is 2. The van der Waals surface area contributed by atoms with Crippen LogP contribution in [0.1, 0.15) is 24.5 Å². The summed E-state index contributed by atoms with van der Waals surface area (Å²) >= 11 is 0. The van der Waals surface area contributed by atoms with Crippen molar-refractivity contribution in [3.05, 3.63) is 83.7 Å². The van der Waals surface area contributed by atoms with Crippen molar-refractivity contribution < 1.29 is 31.4 Å². The van der Waals surface area contributed by atoms with Gasteiger partial charge >= 0.3 is 6.18 Å². The maximum absolute atomic E-state index is 15.2. The van der Waals surface area contributed by atoms with Crippen molar-refractivity contribution in [2.75, 3.05) is 13.2 Å². The van der Waals surface area contributed by atoms with Crippen LogP contribution in [0.2, 0.25) is 0 Å². The maximum Gasteiger partial charge on any atom is 0.422 e. The second-order valence-corrected chi connectivity index (χ2v) is 8.23. The van der Waals surface area contributed by atoms with Crippen LogP contribution >= 0.6 is 0 Å². The SMILES string of the molecule is CCCOc1cnc(-c2ccc3c(F)c(CCc4ccc(OCC(F)(F)F)c(F)c4)ccc3c2)nc1. The van der Waals surface area contributed by atoms with Crippen LogP contribution in [0.5, 0.6) is 11.5 Å². The molecule has 36 heavy (non-hydrogen) atoms. The summed E-state index contributed by atoms with van der Waals surface area (Å²) in [6, 6.07) is 12.4. The van der Waals surface area contributed by atoms with Gasteiger partial charge in [0.2, 0.25) is 0 Å². The number of hydrogen-bond donors (Lipinski definition) is 0. The summed E-state index contributed by atoms with van der Waals surface area (Å²) in [6.45, 7) is 1.02. The predicted molar refractivity (Wildman–Crippen MR) is 126 cm³/mol. The van der Waals surface area contributed by atoms with Gasteiger partial charge in [-0.25, -0.2) is 18.7 Å². The molecule has 9 heteroatoms. The topological polar surface area (TPSA) is 44.2 Å². The van der Waals surface area contributed by atoms with Crippen LogP contribution in [-0.4, -0.2) is 29.4 Å². The van der Waals surface area contributed by atoms with E-state index in [4.69, 9.17) is 4.74 Å². The Balaban J connectivity index is 1.45. The Morgan fingerprint density at radius 3 is 2.33 bits per heavy atom. The van der Waals surface area contributed by atoms with Crippen molar-refractivity contribution in [3.63, 3.8) is 0 Å². The van der Waals surface area contributed by atoms with Gasteiger partial charge in [0, 0.05) is 10.9 Å². The smallest absolute Gasteiger partial charge is 0.422 e. The molecule has 0 amide bonds. The average Bonchev–Trinajstić information content (AvgIpc) is 2.86. The third-order valence-electron chi connectivity index (χ3n) is 5.46. The standard InChI is InChI=1S/C27H23F5N2O2/c1-2-11-35-21-14-33-26(34-15-21)20-8-9-22-19(13-20)7-6-18(25(22)29)5-3-17-4-10-24(23(28)12-17)36-16-27(30,31)32/h4,6-10,12-15H,2-3,5,11,16H2,1H3. The van der Waals surface area contributed by atoms with Crippen LogP contribution in [0.4, 0.5) is 22.0 Å². The molecule has 0 aliphatic carbocycles. The van der Waals surface area contributed by atoms with E-state index in [-0.39, 0.29) is 12.2 Å². The summed E-state index contributed by atoms with van der Waals surface area (Å²) < 4.78 is 76.1. The lowest BCUT2D eigenvalue weighted by Crippen LogP contribution is -2.19. The normalized spacial score (nSPS) is 11.6. The van der Waals surface area contributed by atoms with E-state index in [0.29, 0.717) is 46.5 Å². The lowest BCUT2D eigenvalue weighted by molar-refractivity contribution is -0.153. The first-order chi connectivity index (χ1) is 17.2. The Morgan fingerprint density at radius 1 is 0.861 bits per heavy atom. The Morgan fingerprint density at radius 2 is 1.64 bits per heavy atom. The van der Waals surface area contributed by atoms with Crippen LogP contribution in [0.25, 0.3) is 22.2 Å². The summed E-state index contributed by atoms with van der Waals surface area (Å²) in [7, 11) is 0. The first-order valence-electron chi connectivity index (χ1n) is 11.4. The fourth-order valence-electron chi connectivity index (χ4n) is 3.68. The molecule has 0 atom stereocenters. The van der Waals surface area contributed by atoms with Crippen LogP contribution in [0.15, 0.2) is 60.9 Å². The second kappa shape index (κ2) is 10.9. The zero-order valence-electron chi connectivity index (χ0n) is 19.4. The molecule has 1 heterocycles. The lowest BCUT2D eigenvalue weighted by Gasteiger charge is -2.11. The third kappa shape index (κ3) is 6.27. The monoisotopic (exact) mass is 502 g/mol. The van der Waals surface area contributed by atoms with Gasteiger partial charge in [-0.2, -0.15) is 13.2 Å². The molecule has 0 aliphatic rings. The van der Waals surface area contributed by atoms with Crippen molar-refractivity contribution in [1.29, 1.82) is 0 Å². The first kappa shape index (κ1) is 25.3. The molecule has 0 saturated heterocycles. The highest BCUT2D eigenvalue weighted by Crippen LogP contribution is 2.28. The maximum atomic E-state index is 15.2. The Hall–Kier alpha value is -3.75. The Labute approximate surface area is 204 Å². The number of hydrogen-bond acceptors (Lipinski definition) is 4. The molecule has 3 aromatic carbocycles. The average molecular weight is 502 g/mol. The van der Waals surface area contributed by atoms with Gasteiger partial charge in [0.15, 0.2) is 29.7 Å². The molecule has 4 nitrogen and oxygen atoms in total. The molecule has 1 aromatic heterocycles. The molecular weight excluding hydrogens is 479 g/mol. The van der Waals surface area contributed by atoms with E-state index in [2.05, 4.69) is 14.7 Å². The highest BCUT2D eigenvalue weighted by Gasteiger charge is 2.29. The second-order valence-electron chi connectivity index (χ2n) is 8.23. The number of nitrogens with zero attached hydrogens (tertiary/aromatic N) is 2. The quantitative estimate of drug-likeness (QED) is 0.229. The summed E-state index contributed by atoms with van der Waals surface area (Å²) in [5, 5.41) is 1.11. The van der Waals surface area contributed by atoms with Gasteiger partial charge < -0.3 is 9.47 Å². The number of alkyl halides is 3. The molecule has 0 unspecified atom stereocenters. The van der Waals surface area contributed by atoms with Crippen LogP contribution in [0, 0.1) is 11.6 Å². The van der Waals surface area contributed by atoms with E-state index in [1.807, 2.05) is 6.92 Å². The van der Waals surface area contributed by atoms with Gasteiger partial charge in [-0.15, -0.1) is 0 Å². The summed E-state index contributed by atoms with van der Waals surface area (Å²) in [4.78, 5) is 8.65. The minimum Gasteiger partial charge on any atom is -0.490 e. The highest BCUT2D eigenvalue weighted by atomic mass is 19.4.